The van der Waals surface area contributed by atoms with Gasteiger partial charge in [0.1, 0.15) is 5.41 Å². The van der Waals surface area contributed by atoms with E-state index in [1.165, 1.54) is 0 Å². The van der Waals surface area contributed by atoms with Crippen molar-refractivity contribution >= 4 is 11.7 Å². The molecule has 0 aromatic rings. The third-order valence-electron chi connectivity index (χ3n) is 3.06. The first-order chi connectivity index (χ1) is 8.44. The number of amides is 1. The average Bonchev–Trinajstić information content (AvgIpc) is 2.34. The maximum atomic E-state index is 12.4. The fourth-order valence-electron chi connectivity index (χ4n) is 2.14. The molecular weight excluding hydrogens is 230 g/mol. The van der Waals surface area contributed by atoms with Gasteiger partial charge in [0, 0.05) is 6.54 Å². The number of rotatable bonds is 8. The minimum Gasteiger partial charge on any atom is -0.409 e. The van der Waals surface area contributed by atoms with Crippen LogP contribution in [0.2, 0.25) is 0 Å². The molecule has 0 aromatic carbocycles. The Morgan fingerprint density at radius 2 is 1.83 bits per heavy atom. The molecule has 1 amide bonds. The molecular formula is C13H27N3O2. The summed E-state index contributed by atoms with van der Waals surface area (Å²) in [6.07, 6.45) is 2.82. The number of carbonyl (C=O) groups excluding carboxylic acids is 1. The van der Waals surface area contributed by atoms with Crippen molar-refractivity contribution in [3.8, 4) is 0 Å². The lowest BCUT2D eigenvalue weighted by atomic mass is 9.77. The number of nitrogens with one attached hydrogen (secondary N) is 1. The molecule has 0 rings (SSSR count). The summed E-state index contributed by atoms with van der Waals surface area (Å²) in [6.45, 7) is 8.65. The lowest BCUT2D eigenvalue weighted by Crippen LogP contribution is -2.50. The number of nitrogens with zero attached hydrogens (tertiary/aromatic N) is 1. The van der Waals surface area contributed by atoms with Gasteiger partial charge in [0.25, 0.3) is 0 Å². The van der Waals surface area contributed by atoms with Crippen molar-refractivity contribution in [3.05, 3.63) is 0 Å². The zero-order chi connectivity index (χ0) is 14.2. The van der Waals surface area contributed by atoms with E-state index in [1.54, 1.807) is 0 Å². The first kappa shape index (κ1) is 16.7. The van der Waals surface area contributed by atoms with Gasteiger partial charge in [0.15, 0.2) is 5.84 Å². The molecule has 0 aromatic heterocycles. The second-order valence-electron chi connectivity index (χ2n) is 5.17. The Morgan fingerprint density at radius 3 is 2.17 bits per heavy atom. The van der Waals surface area contributed by atoms with Crippen LogP contribution in [0.5, 0.6) is 0 Å². The number of oxime groups is 1. The summed E-state index contributed by atoms with van der Waals surface area (Å²) in [5, 5.41) is 14.9. The van der Waals surface area contributed by atoms with E-state index in [0.717, 1.165) is 12.8 Å². The normalized spacial score (nSPS) is 12.8. The Balaban J connectivity index is 5.08. The number of nitrogens with two attached hydrogens (primary N) is 1. The van der Waals surface area contributed by atoms with Crippen LogP contribution in [0, 0.1) is 11.3 Å². The van der Waals surface area contributed by atoms with E-state index < -0.39 is 5.41 Å². The van der Waals surface area contributed by atoms with Crippen molar-refractivity contribution in [1.82, 2.24) is 5.32 Å². The molecule has 0 heterocycles. The predicted molar refractivity (Wildman–Crippen MR) is 73.5 cm³/mol. The molecule has 0 bridgehead atoms. The summed E-state index contributed by atoms with van der Waals surface area (Å²) < 4.78 is 0. The maximum absolute atomic E-state index is 12.4. The van der Waals surface area contributed by atoms with Gasteiger partial charge in [-0.15, -0.1) is 0 Å². The van der Waals surface area contributed by atoms with Crippen LogP contribution in [0.3, 0.4) is 0 Å². The lowest BCUT2D eigenvalue weighted by Gasteiger charge is -2.31. The Morgan fingerprint density at radius 1 is 1.33 bits per heavy atom. The highest BCUT2D eigenvalue weighted by Crippen LogP contribution is 2.30. The van der Waals surface area contributed by atoms with Crippen molar-refractivity contribution in [3.63, 3.8) is 0 Å². The molecule has 0 aliphatic carbocycles. The van der Waals surface area contributed by atoms with E-state index in [9.17, 15) is 4.79 Å². The summed E-state index contributed by atoms with van der Waals surface area (Å²) in [5.74, 6) is 0.268. The van der Waals surface area contributed by atoms with Crippen molar-refractivity contribution in [1.29, 1.82) is 0 Å². The molecule has 0 unspecified atom stereocenters. The molecule has 18 heavy (non-hydrogen) atoms. The van der Waals surface area contributed by atoms with E-state index in [-0.39, 0.29) is 11.7 Å². The van der Waals surface area contributed by atoms with Gasteiger partial charge in [-0.2, -0.15) is 0 Å². The molecule has 5 nitrogen and oxygen atoms in total. The zero-order valence-electron chi connectivity index (χ0n) is 12.0. The van der Waals surface area contributed by atoms with Crippen LogP contribution < -0.4 is 11.1 Å². The van der Waals surface area contributed by atoms with E-state index in [0.29, 0.717) is 25.3 Å². The molecule has 0 aliphatic rings. The molecule has 0 saturated heterocycles. The third-order valence-corrected chi connectivity index (χ3v) is 3.06. The van der Waals surface area contributed by atoms with Crippen molar-refractivity contribution in [2.24, 2.45) is 22.2 Å². The van der Waals surface area contributed by atoms with Crippen molar-refractivity contribution in [2.45, 2.75) is 53.4 Å². The Hall–Kier alpha value is -1.26. The molecule has 0 fully saturated rings. The predicted octanol–water partition coefficient (Wildman–Crippen LogP) is 2.09. The van der Waals surface area contributed by atoms with Gasteiger partial charge in [-0.1, -0.05) is 45.7 Å². The Bertz CT molecular complexity index is 282. The average molecular weight is 257 g/mol. The van der Waals surface area contributed by atoms with Crippen molar-refractivity contribution in [2.75, 3.05) is 6.54 Å². The van der Waals surface area contributed by atoms with Gasteiger partial charge in [0.05, 0.1) is 0 Å². The molecule has 4 N–H and O–H groups in total. The minimum atomic E-state index is -0.868. The van der Waals surface area contributed by atoms with Gasteiger partial charge in [-0.3, -0.25) is 4.79 Å². The molecule has 0 spiro atoms. The SMILES string of the molecule is CCCC(CCC)(C(=O)NCC(C)C)/C(N)=N/O. The van der Waals surface area contributed by atoms with E-state index in [1.807, 2.05) is 27.7 Å². The number of carbonyl (C=O) groups is 1. The highest BCUT2D eigenvalue weighted by atomic mass is 16.4. The highest BCUT2D eigenvalue weighted by Gasteiger charge is 2.41. The highest BCUT2D eigenvalue weighted by molar-refractivity contribution is 6.06. The van der Waals surface area contributed by atoms with Crippen LogP contribution in [-0.4, -0.2) is 23.5 Å². The van der Waals surface area contributed by atoms with Crippen LogP contribution in [0.25, 0.3) is 0 Å². The van der Waals surface area contributed by atoms with Gasteiger partial charge in [0.2, 0.25) is 5.91 Å². The molecule has 106 valence electrons. The molecule has 5 heteroatoms. The summed E-state index contributed by atoms with van der Waals surface area (Å²) in [7, 11) is 0. The fourth-order valence-corrected chi connectivity index (χ4v) is 2.14. The number of hydrogen-bond acceptors (Lipinski definition) is 3. The number of amidine groups is 1. The largest absolute Gasteiger partial charge is 0.409 e. The lowest BCUT2D eigenvalue weighted by molar-refractivity contribution is -0.128. The quantitative estimate of drug-likeness (QED) is 0.269. The Kier molecular flexibility index (Phi) is 7.39. The molecule has 0 saturated carbocycles. The second kappa shape index (κ2) is 7.95. The van der Waals surface area contributed by atoms with Crippen LogP contribution in [0.15, 0.2) is 5.16 Å². The Labute approximate surface area is 110 Å². The van der Waals surface area contributed by atoms with Gasteiger partial charge in [-0.25, -0.2) is 0 Å². The van der Waals surface area contributed by atoms with Crippen LogP contribution in [0.4, 0.5) is 0 Å². The molecule has 0 aliphatic heterocycles. The first-order valence-corrected chi connectivity index (χ1v) is 6.70. The summed E-state index contributed by atoms with van der Waals surface area (Å²) >= 11 is 0. The fraction of sp³-hybridized carbons (Fsp3) is 0.846. The van der Waals surface area contributed by atoms with E-state index >= 15 is 0 Å². The summed E-state index contributed by atoms with van der Waals surface area (Å²) in [6, 6.07) is 0. The van der Waals surface area contributed by atoms with Gasteiger partial charge >= 0.3 is 0 Å². The second-order valence-corrected chi connectivity index (χ2v) is 5.17. The topological polar surface area (TPSA) is 87.7 Å². The van der Waals surface area contributed by atoms with Crippen molar-refractivity contribution < 1.29 is 10.0 Å². The third kappa shape index (κ3) is 4.20. The van der Waals surface area contributed by atoms with E-state index in [2.05, 4.69) is 10.5 Å². The molecule has 0 radical (unpaired) electrons. The first-order valence-electron chi connectivity index (χ1n) is 6.70. The standard InChI is InChI=1S/C13H27N3O2/c1-5-7-13(8-6-2,11(14)16-18)12(17)15-9-10(3)4/h10,18H,5-9H2,1-4H3,(H2,14,16)(H,15,17). The number of hydrogen-bond donors (Lipinski definition) is 3. The minimum absolute atomic E-state index is 0.0208. The van der Waals surface area contributed by atoms with Gasteiger partial charge in [-0.05, 0) is 18.8 Å². The molecule has 0 atom stereocenters. The smallest absolute Gasteiger partial charge is 0.233 e. The summed E-state index contributed by atoms with van der Waals surface area (Å²) in [4.78, 5) is 12.4. The van der Waals surface area contributed by atoms with Crippen LogP contribution in [-0.2, 0) is 4.79 Å². The van der Waals surface area contributed by atoms with Crippen LogP contribution >= 0.6 is 0 Å². The maximum Gasteiger partial charge on any atom is 0.233 e. The van der Waals surface area contributed by atoms with Crippen LogP contribution in [0.1, 0.15) is 53.4 Å². The monoisotopic (exact) mass is 257 g/mol. The summed E-state index contributed by atoms with van der Waals surface area (Å²) in [5.41, 5.74) is 4.90. The zero-order valence-corrected chi connectivity index (χ0v) is 12.0. The van der Waals surface area contributed by atoms with Gasteiger partial charge < -0.3 is 16.3 Å². The van der Waals surface area contributed by atoms with E-state index in [4.69, 9.17) is 10.9 Å².